The van der Waals surface area contributed by atoms with Crippen LogP contribution in [0.3, 0.4) is 0 Å². The van der Waals surface area contributed by atoms with Crippen molar-refractivity contribution in [2.24, 2.45) is 0 Å². The Morgan fingerprint density at radius 2 is 1.72 bits per heavy atom. The Balaban J connectivity index is 1.80. The summed E-state index contributed by atoms with van der Waals surface area (Å²) in [6.45, 7) is -0.604. The van der Waals surface area contributed by atoms with Gasteiger partial charge >= 0.3 is 6.18 Å². The summed E-state index contributed by atoms with van der Waals surface area (Å²) < 4.78 is 39.5. The molecule has 1 aromatic heterocycles. The predicted molar refractivity (Wildman–Crippen MR) is 106 cm³/mol. The molecule has 0 aliphatic carbocycles. The molecule has 1 N–H and O–H groups in total. The maximum Gasteiger partial charge on any atom is 0.417 e. The topological polar surface area (TPSA) is 51.1 Å². The fourth-order valence-corrected chi connectivity index (χ4v) is 3.64. The number of pyridine rings is 1. The highest BCUT2D eigenvalue weighted by Crippen LogP contribution is 2.33. The summed E-state index contributed by atoms with van der Waals surface area (Å²) in [6, 6.07) is 17.0. The van der Waals surface area contributed by atoms with Crippen LogP contribution in [0, 0.1) is 0 Å². The average Bonchev–Trinajstić information content (AvgIpc) is 2.67. The first kappa shape index (κ1) is 21.0. The Hall–Kier alpha value is -2.71. The summed E-state index contributed by atoms with van der Waals surface area (Å²) in [5.41, 5.74) is -1.49. The number of benzene rings is 2. The number of hydrogen-bond acceptors (Lipinski definition) is 3. The van der Waals surface area contributed by atoms with Crippen LogP contribution in [0.4, 0.5) is 18.9 Å². The predicted octanol–water partition coefficient (Wildman–Crippen LogP) is 5.31. The molecular formula is C20H14ClF3N2O2S. The molecule has 0 atom stereocenters. The summed E-state index contributed by atoms with van der Waals surface area (Å²) in [7, 11) is 0. The lowest BCUT2D eigenvalue weighted by Gasteiger charge is -2.13. The first-order chi connectivity index (χ1) is 13.7. The van der Waals surface area contributed by atoms with Crippen molar-refractivity contribution in [2.75, 3.05) is 5.32 Å². The summed E-state index contributed by atoms with van der Waals surface area (Å²) >= 11 is 7.04. The molecule has 1 heterocycles. The molecule has 2 aromatic carbocycles. The van der Waals surface area contributed by atoms with Crippen LogP contribution in [-0.2, 0) is 17.5 Å². The van der Waals surface area contributed by atoms with E-state index in [2.05, 4.69) is 5.32 Å². The molecule has 0 aliphatic rings. The Labute approximate surface area is 173 Å². The third-order valence-electron chi connectivity index (χ3n) is 3.82. The molecule has 29 heavy (non-hydrogen) atoms. The normalized spacial score (nSPS) is 11.3. The third kappa shape index (κ3) is 5.42. The van der Waals surface area contributed by atoms with Crippen LogP contribution in [0.15, 0.2) is 81.4 Å². The highest BCUT2D eigenvalue weighted by Gasteiger charge is 2.32. The number of nitrogens with zero attached hydrogens (tertiary/aromatic N) is 1. The van der Waals surface area contributed by atoms with Crippen molar-refractivity contribution in [3.8, 4) is 0 Å². The minimum absolute atomic E-state index is 0.484. The van der Waals surface area contributed by atoms with Crippen LogP contribution < -0.4 is 10.9 Å². The maximum atomic E-state index is 12.9. The molecule has 0 radical (unpaired) electrons. The van der Waals surface area contributed by atoms with E-state index in [-0.39, 0.29) is 0 Å². The first-order valence-electron chi connectivity index (χ1n) is 8.33. The van der Waals surface area contributed by atoms with E-state index in [0.29, 0.717) is 22.5 Å². The van der Waals surface area contributed by atoms with E-state index in [1.807, 2.05) is 30.3 Å². The molecule has 0 saturated heterocycles. The molecule has 0 saturated carbocycles. The molecule has 4 nitrogen and oxygen atoms in total. The molecule has 3 rings (SSSR count). The number of alkyl halides is 3. The van der Waals surface area contributed by atoms with Gasteiger partial charge < -0.3 is 9.88 Å². The maximum absolute atomic E-state index is 12.9. The second kappa shape index (κ2) is 8.75. The quantitative estimate of drug-likeness (QED) is 0.587. The van der Waals surface area contributed by atoms with Crippen LogP contribution in [0.25, 0.3) is 0 Å². The first-order valence-corrected chi connectivity index (χ1v) is 9.52. The van der Waals surface area contributed by atoms with E-state index in [1.165, 1.54) is 11.8 Å². The van der Waals surface area contributed by atoms with E-state index < -0.39 is 34.8 Å². The minimum Gasteiger partial charge on any atom is -0.324 e. The van der Waals surface area contributed by atoms with E-state index in [4.69, 9.17) is 11.6 Å². The van der Waals surface area contributed by atoms with Crippen molar-refractivity contribution >= 4 is 35.0 Å². The van der Waals surface area contributed by atoms with Crippen molar-refractivity contribution in [3.63, 3.8) is 0 Å². The molecule has 3 aromatic rings. The summed E-state index contributed by atoms with van der Waals surface area (Å²) in [5.74, 6) is -0.649. The average molecular weight is 439 g/mol. The lowest BCUT2D eigenvalue weighted by Crippen LogP contribution is -2.29. The van der Waals surface area contributed by atoms with Crippen molar-refractivity contribution in [1.82, 2.24) is 4.57 Å². The van der Waals surface area contributed by atoms with Gasteiger partial charge in [0.1, 0.15) is 11.6 Å². The van der Waals surface area contributed by atoms with Gasteiger partial charge in [-0.2, -0.15) is 13.2 Å². The highest BCUT2D eigenvalue weighted by atomic mass is 35.5. The molecule has 150 valence electrons. The van der Waals surface area contributed by atoms with Crippen molar-refractivity contribution < 1.29 is 18.0 Å². The number of rotatable bonds is 5. The van der Waals surface area contributed by atoms with Gasteiger partial charge in [0.05, 0.1) is 11.3 Å². The number of carbonyl (C=O) groups is 1. The second-order valence-electron chi connectivity index (χ2n) is 5.97. The SMILES string of the molecule is O=C(Cn1cc(C(F)(F)F)cc(Cl)c1=O)Nc1ccccc1Sc1ccccc1. The number of anilines is 1. The Morgan fingerprint density at radius 3 is 2.41 bits per heavy atom. The number of para-hydroxylation sites is 1. The zero-order valence-electron chi connectivity index (χ0n) is 14.7. The van der Waals surface area contributed by atoms with Gasteiger partial charge in [-0.3, -0.25) is 9.59 Å². The summed E-state index contributed by atoms with van der Waals surface area (Å²) in [4.78, 5) is 26.1. The van der Waals surface area contributed by atoms with Gasteiger partial charge in [-0.1, -0.05) is 53.7 Å². The smallest absolute Gasteiger partial charge is 0.324 e. The van der Waals surface area contributed by atoms with Gasteiger partial charge in [0.25, 0.3) is 5.56 Å². The number of nitrogens with one attached hydrogen (secondary N) is 1. The second-order valence-corrected chi connectivity index (χ2v) is 7.49. The standard InChI is InChI=1S/C20H14ClF3N2O2S/c21-15-10-13(20(22,23)24)11-26(19(15)28)12-18(27)25-16-8-4-5-9-17(16)29-14-6-2-1-3-7-14/h1-11H,12H2,(H,25,27). The monoisotopic (exact) mass is 438 g/mol. The molecule has 0 aliphatic heterocycles. The number of halogens is 4. The molecule has 0 bridgehead atoms. The highest BCUT2D eigenvalue weighted by molar-refractivity contribution is 7.99. The number of hydrogen-bond donors (Lipinski definition) is 1. The zero-order chi connectivity index (χ0) is 21.0. The van der Waals surface area contributed by atoms with Crippen LogP contribution in [0.1, 0.15) is 5.56 Å². The van der Waals surface area contributed by atoms with Gasteiger partial charge in [0, 0.05) is 16.0 Å². The molecule has 9 heteroatoms. The summed E-state index contributed by atoms with van der Waals surface area (Å²) in [5, 5.41) is 2.04. The zero-order valence-corrected chi connectivity index (χ0v) is 16.3. The lowest BCUT2D eigenvalue weighted by molar-refractivity contribution is -0.138. The van der Waals surface area contributed by atoms with Gasteiger partial charge in [0.15, 0.2) is 0 Å². The van der Waals surface area contributed by atoms with Crippen molar-refractivity contribution in [3.05, 3.63) is 87.8 Å². The molecular weight excluding hydrogens is 425 g/mol. The van der Waals surface area contributed by atoms with Crippen LogP contribution in [0.2, 0.25) is 5.02 Å². The van der Waals surface area contributed by atoms with E-state index in [0.717, 1.165) is 9.79 Å². The van der Waals surface area contributed by atoms with E-state index in [1.54, 1.807) is 24.3 Å². The molecule has 0 unspecified atom stereocenters. The Morgan fingerprint density at radius 1 is 1.07 bits per heavy atom. The van der Waals surface area contributed by atoms with Gasteiger partial charge in [-0.25, -0.2) is 0 Å². The van der Waals surface area contributed by atoms with Crippen LogP contribution in [-0.4, -0.2) is 10.5 Å². The molecule has 1 amide bonds. The van der Waals surface area contributed by atoms with Gasteiger partial charge in [-0.05, 0) is 30.3 Å². The molecule has 0 fully saturated rings. The lowest BCUT2D eigenvalue weighted by atomic mass is 10.2. The Kier molecular flexibility index (Phi) is 6.34. The van der Waals surface area contributed by atoms with Crippen LogP contribution >= 0.6 is 23.4 Å². The number of amides is 1. The number of aromatic nitrogens is 1. The largest absolute Gasteiger partial charge is 0.417 e. The Bertz CT molecular complexity index is 1090. The summed E-state index contributed by atoms with van der Waals surface area (Å²) in [6.07, 6.45) is -4.10. The molecule has 0 spiro atoms. The van der Waals surface area contributed by atoms with E-state index >= 15 is 0 Å². The van der Waals surface area contributed by atoms with Crippen LogP contribution in [0.5, 0.6) is 0 Å². The third-order valence-corrected chi connectivity index (χ3v) is 5.17. The van der Waals surface area contributed by atoms with Crippen molar-refractivity contribution in [2.45, 2.75) is 22.5 Å². The van der Waals surface area contributed by atoms with Gasteiger partial charge in [0.2, 0.25) is 5.91 Å². The van der Waals surface area contributed by atoms with Gasteiger partial charge in [-0.15, -0.1) is 0 Å². The fraction of sp³-hybridized carbons (Fsp3) is 0.100. The van der Waals surface area contributed by atoms with E-state index in [9.17, 15) is 22.8 Å². The fourth-order valence-electron chi connectivity index (χ4n) is 2.49. The number of carbonyl (C=O) groups excluding carboxylic acids is 1. The minimum atomic E-state index is -4.69. The van der Waals surface area contributed by atoms with Crippen molar-refractivity contribution in [1.29, 1.82) is 0 Å².